The molecule has 11 rings (SSSR count). The zero-order valence-corrected chi connectivity index (χ0v) is 60.8. The van der Waals surface area contributed by atoms with Gasteiger partial charge in [-0.3, -0.25) is 42.9 Å². The van der Waals surface area contributed by atoms with Crippen molar-refractivity contribution in [2.45, 2.75) is 235 Å². The molecule has 1 aliphatic carbocycles. The number of carbonyl (C=O) groups is 7. The summed E-state index contributed by atoms with van der Waals surface area (Å²) in [7, 11) is 3.48. The van der Waals surface area contributed by atoms with Crippen molar-refractivity contribution in [1.29, 1.82) is 0 Å². The molecule has 7 amide bonds. The third-order valence-corrected chi connectivity index (χ3v) is 22.7. The molecule has 23 nitrogen and oxygen atoms in total. The number of hydrogen-bond donors (Lipinski definition) is 8. The molecule has 4 saturated heterocycles. The number of aryl methyl sites for hydroxylation is 3. The molecule has 552 valence electrons. The Morgan fingerprint density at radius 1 is 0.505 bits per heavy atom. The van der Waals surface area contributed by atoms with Crippen LogP contribution in [-0.2, 0) is 59.6 Å². The Kier molecular flexibility index (Phi) is 27.6. The number of fused-ring (bicyclic) bond motifs is 2. The van der Waals surface area contributed by atoms with Gasteiger partial charge in [-0.15, -0.1) is 10.2 Å². The molecule has 11 atom stereocenters. The van der Waals surface area contributed by atoms with Gasteiger partial charge in [-0.25, -0.2) is 0 Å². The van der Waals surface area contributed by atoms with Crippen molar-refractivity contribution < 1.29 is 33.6 Å². The second-order valence-electron chi connectivity index (χ2n) is 29.4. The fourth-order valence-electron chi connectivity index (χ4n) is 16.7. The van der Waals surface area contributed by atoms with Gasteiger partial charge in [-0.1, -0.05) is 197 Å². The number of aromatic nitrogens is 6. The maximum atomic E-state index is 14.9. The zero-order chi connectivity index (χ0) is 72.0. The van der Waals surface area contributed by atoms with Gasteiger partial charge in [0.2, 0.25) is 41.4 Å². The number of carbonyl (C=O) groups excluding carboxylic acids is 7. The van der Waals surface area contributed by atoms with Crippen molar-refractivity contribution in [3.63, 3.8) is 0 Å². The van der Waals surface area contributed by atoms with E-state index in [1.54, 1.807) is 23.9 Å². The van der Waals surface area contributed by atoms with Crippen molar-refractivity contribution in [1.82, 2.24) is 82.3 Å². The smallest absolute Gasteiger partial charge is 0.246 e. The molecule has 4 aliphatic heterocycles. The number of rotatable bonds is 35. The van der Waals surface area contributed by atoms with Crippen molar-refractivity contribution in [2.75, 3.05) is 27.2 Å². The standard InChI is InChI=1S/C80H110N16O7/c1-5-65(81-3)75(98)87-73-60(50-83-49-56-25-11-7-12-26-56)37-40-63-43-45-69(96(63)79(73)102)78(101)86-72(59-31-17-10-18-32-59)67-53-94(92-90-67)48-22-20-24-55-35-33-54(34-36-55)23-19-21-47-93-52-62(89-91-93)39-46-70(97)84-51-61-38-41-64-42-44-68(95(64)80(103)74(61)88-76(99)66(6-2)82-4)77(100)85-71(57-27-13-8-14-28-57)58-29-15-9-16-30-58/h7-18,25-32,52-55,60-61,63-66,68-69,71-74,81-83H,5-6,19-24,33-51H2,1-4H3,(H,84,97)(H,85,100)(H,86,101)(H,87,98)(H,88,99)/t54?,55?,60-,61-,63+,64+,65+,66+,68+,69+,72+,73+,74+/m1/s1. The fourth-order valence-corrected chi connectivity index (χ4v) is 16.7. The van der Waals surface area contributed by atoms with Crippen molar-refractivity contribution >= 4 is 41.4 Å². The van der Waals surface area contributed by atoms with Crippen LogP contribution in [0, 0.1) is 23.7 Å². The lowest BCUT2D eigenvalue weighted by Gasteiger charge is -2.33. The van der Waals surface area contributed by atoms with Crippen LogP contribution in [0.25, 0.3) is 0 Å². The quantitative estimate of drug-likeness (QED) is 0.0174. The first-order chi connectivity index (χ1) is 50.3. The molecule has 0 bridgehead atoms. The Morgan fingerprint density at radius 2 is 0.951 bits per heavy atom. The molecule has 0 radical (unpaired) electrons. The largest absolute Gasteiger partial charge is 0.356 e. The highest BCUT2D eigenvalue weighted by Crippen LogP contribution is 2.38. The van der Waals surface area contributed by atoms with E-state index in [4.69, 9.17) is 0 Å². The molecule has 103 heavy (non-hydrogen) atoms. The minimum absolute atomic E-state index is 0.108. The Balaban J connectivity index is 0.592. The maximum absolute atomic E-state index is 14.9. The van der Waals surface area contributed by atoms with E-state index in [1.165, 1.54) is 38.5 Å². The number of amides is 7. The minimum Gasteiger partial charge on any atom is -0.356 e. The minimum atomic E-state index is -0.930. The highest BCUT2D eigenvalue weighted by Gasteiger charge is 2.50. The van der Waals surface area contributed by atoms with E-state index in [2.05, 4.69) is 75.3 Å². The normalized spacial score (nSPS) is 23.5. The van der Waals surface area contributed by atoms with Crippen LogP contribution in [0.2, 0.25) is 0 Å². The van der Waals surface area contributed by atoms with Gasteiger partial charge >= 0.3 is 0 Å². The van der Waals surface area contributed by atoms with Crippen molar-refractivity contribution in [3.8, 4) is 0 Å². The average Bonchev–Trinajstić information content (AvgIpc) is 1.65. The van der Waals surface area contributed by atoms with Crippen LogP contribution in [0.5, 0.6) is 0 Å². The van der Waals surface area contributed by atoms with E-state index < -0.39 is 48.3 Å². The zero-order valence-electron chi connectivity index (χ0n) is 60.8. The van der Waals surface area contributed by atoms with Gasteiger partial charge in [0.25, 0.3) is 0 Å². The van der Waals surface area contributed by atoms with Crippen molar-refractivity contribution in [3.05, 3.63) is 167 Å². The van der Waals surface area contributed by atoms with Gasteiger partial charge in [-0.2, -0.15) is 0 Å². The van der Waals surface area contributed by atoms with Gasteiger partial charge in [0.05, 0.1) is 36.1 Å². The number of benzene rings is 4. The molecule has 1 saturated carbocycles. The summed E-state index contributed by atoms with van der Waals surface area (Å²) in [5.74, 6) is -0.738. The summed E-state index contributed by atoms with van der Waals surface area (Å²) in [6.45, 7) is 6.72. The topological polar surface area (TPSA) is 284 Å². The summed E-state index contributed by atoms with van der Waals surface area (Å²) in [5.41, 5.74) is 5.27. The number of hydrogen-bond acceptors (Lipinski definition) is 14. The molecule has 6 aromatic rings. The van der Waals surface area contributed by atoms with Gasteiger partial charge in [0, 0.05) is 75.7 Å². The van der Waals surface area contributed by atoms with Crippen LogP contribution in [-0.4, -0.2) is 157 Å². The first-order valence-electron chi connectivity index (χ1n) is 38.4. The van der Waals surface area contributed by atoms with Crippen LogP contribution in [0.4, 0.5) is 0 Å². The number of unbranched alkanes of at least 4 members (excludes halogenated alkanes) is 2. The lowest BCUT2D eigenvalue weighted by atomic mass is 9.78. The van der Waals surface area contributed by atoms with Crippen LogP contribution in [0.3, 0.4) is 0 Å². The van der Waals surface area contributed by atoms with Gasteiger partial charge in [0.1, 0.15) is 29.9 Å². The first kappa shape index (κ1) is 75.5. The van der Waals surface area contributed by atoms with E-state index in [0.717, 1.165) is 85.5 Å². The van der Waals surface area contributed by atoms with E-state index in [1.807, 2.05) is 145 Å². The molecule has 0 spiro atoms. The molecule has 0 unspecified atom stereocenters. The molecule has 6 heterocycles. The summed E-state index contributed by atoms with van der Waals surface area (Å²) in [6, 6.07) is 34.3. The molecule has 5 fully saturated rings. The fraction of sp³-hybridized carbons (Fsp3) is 0.562. The summed E-state index contributed by atoms with van der Waals surface area (Å²) in [4.78, 5) is 103. The van der Waals surface area contributed by atoms with Gasteiger partial charge in [0.15, 0.2) is 0 Å². The van der Waals surface area contributed by atoms with Gasteiger partial charge < -0.3 is 52.3 Å². The van der Waals surface area contributed by atoms with E-state index in [0.29, 0.717) is 82.5 Å². The van der Waals surface area contributed by atoms with Gasteiger partial charge in [-0.05, 0) is 125 Å². The number of nitrogens with one attached hydrogen (secondary N) is 8. The SMILES string of the molecule is CC[C@H](NC)C(=O)N[C@@H]1C(=O)N2[C@@H](CC[C@@H]1CNC(=O)CCc1cn(CCCCC3CCC(CCCCn4cc([C@@H](NC(=O)[C@@H]5CC[C@@H]6CC[C@H](CNCc7ccccc7)[C@H](NC(=O)[C@H](CC)NC)C(=O)N65)c5ccccc5)nn4)CC3)nn1)CC[C@H]2C(=O)NC(c1ccccc1)c1ccccc1. The summed E-state index contributed by atoms with van der Waals surface area (Å²) in [5, 5.41) is 43.6. The van der Waals surface area contributed by atoms with E-state index >= 15 is 0 Å². The summed E-state index contributed by atoms with van der Waals surface area (Å²) in [6.07, 6.45) is 22.3. The summed E-state index contributed by atoms with van der Waals surface area (Å²) >= 11 is 0. The highest BCUT2D eigenvalue weighted by molar-refractivity contribution is 5.96. The summed E-state index contributed by atoms with van der Waals surface area (Å²) < 4.78 is 3.77. The molecule has 23 heteroatoms. The van der Waals surface area contributed by atoms with Crippen LogP contribution in [0.15, 0.2) is 134 Å². The Labute approximate surface area is 607 Å². The molecule has 5 aliphatic rings. The van der Waals surface area contributed by atoms with E-state index in [-0.39, 0.29) is 78.2 Å². The molecule has 2 aromatic heterocycles. The van der Waals surface area contributed by atoms with Crippen LogP contribution in [0.1, 0.15) is 194 Å². The van der Waals surface area contributed by atoms with Crippen LogP contribution < -0.4 is 42.5 Å². The highest BCUT2D eigenvalue weighted by atomic mass is 16.2. The molecular weight excluding hydrogens is 1300 g/mol. The monoisotopic (exact) mass is 1410 g/mol. The Hall–Kier alpha value is -8.67. The average molecular weight is 1410 g/mol. The van der Waals surface area contributed by atoms with E-state index in [9.17, 15) is 33.6 Å². The first-order valence-corrected chi connectivity index (χ1v) is 38.4. The second-order valence-corrected chi connectivity index (χ2v) is 29.4. The Morgan fingerprint density at radius 3 is 1.45 bits per heavy atom. The Bertz CT molecular complexity index is 3640. The lowest BCUT2D eigenvalue weighted by molar-refractivity contribution is -0.143. The number of likely N-dealkylation sites (N-methyl/N-ethyl adjacent to an activating group) is 2. The second kappa shape index (κ2) is 37.7. The maximum Gasteiger partial charge on any atom is 0.246 e. The third kappa shape index (κ3) is 20.0. The predicted molar refractivity (Wildman–Crippen MR) is 395 cm³/mol. The third-order valence-electron chi connectivity index (χ3n) is 22.7. The van der Waals surface area contributed by atoms with Crippen LogP contribution >= 0.6 is 0 Å². The van der Waals surface area contributed by atoms with Crippen molar-refractivity contribution in [2.24, 2.45) is 23.7 Å². The number of nitrogens with zero attached hydrogens (tertiary/aromatic N) is 8. The molecular formula is C80H110N16O7. The molecule has 8 N–H and O–H groups in total. The molecule has 4 aromatic carbocycles. The lowest BCUT2D eigenvalue weighted by Crippen LogP contribution is -2.59. The predicted octanol–water partition coefficient (Wildman–Crippen LogP) is 8.17.